The number of aryl methyl sites for hydroxylation is 1. The quantitative estimate of drug-likeness (QED) is 0.486. The second kappa shape index (κ2) is 9.41. The standard InChI is InChI=1S/C22H28N4O5S2/c1-16-5-6-17(15-21(16)33(30,31)26-13-3-2-4-14-26)22(27)24-23-18-9-11-20(12-10-18)32(28,29)25-19-7-8-19/h5-6,9-12,15,19,23,25H,2-4,7-8,13-14H2,1H3,(H,24,27). The van der Waals surface area contributed by atoms with Gasteiger partial charge in [-0.2, -0.15) is 4.31 Å². The molecule has 9 nitrogen and oxygen atoms in total. The fraction of sp³-hybridized carbons (Fsp3) is 0.409. The molecule has 2 aromatic rings. The molecule has 2 aliphatic rings. The molecule has 3 N–H and O–H groups in total. The van der Waals surface area contributed by atoms with Crippen molar-refractivity contribution in [3.63, 3.8) is 0 Å². The van der Waals surface area contributed by atoms with E-state index in [2.05, 4.69) is 15.6 Å². The van der Waals surface area contributed by atoms with Gasteiger partial charge in [0.25, 0.3) is 5.91 Å². The molecule has 0 bridgehead atoms. The topological polar surface area (TPSA) is 125 Å². The lowest BCUT2D eigenvalue weighted by molar-refractivity contribution is 0.0962. The highest BCUT2D eigenvalue weighted by Crippen LogP contribution is 2.25. The molecular weight excluding hydrogens is 464 g/mol. The van der Waals surface area contributed by atoms with Crippen molar-refractivity contribution in [1.82, 2.24) is 14.5 Å². The van der Waals surface area contributed by atoms with E-state index in [9.17, 15) is 21.6 Å². The van der Waals surface area contributed by atoms with Crippen LogP contribution in [0.15, 0.2) is 52.3 Å². The van der Waals surface area contributed by atoms with Gasteiger partial charge in [-0.25, -0.2) is 21.6 Å². The Bertz CT molecular complexity index is 1230. The first-order valence-corrected chi connectivity index (χ1v) is 13.9. The third kappa shape index (κ3) is 5.55. The van der Waals surface area contributed by atoms with Gasteiger partial charge in [-0.1, -0.05) is 12.5 Å². The number of amides is 1. The molecule has 0 radical (unpaired) electrons. The van der Waals surface area contributed by atoms with Gasteiger partial charge in [-0.15, -0.1) is 0 Å². The van der Waals surface area contributed by atoms with E-state index >= 15 is 0 Å². The molecule has 11 heteroatoms. The van der Waals surface area contributed by atoms with E-state index in [1.807, 2.05) is 0 Å². The van der Waals surface area contributed by atoms with Crippen molar-refractivity contribution in [3.05, 3.63) is 53.6 Å². The summed E-state index contributed by atoms with van der Waals surface area (Å²) in [5, 5.41) is 0. The van der Waals surface area contributed by atoms with Crippen LogP contribution in [-0.4, -0.2) is 46.2 Å². The van der Waals surface area contributed by atoms with Crippen LogP contribution in [0.25, 0.3) is 0 Å². The first-order valence-electron chi connectivity index (χ1n) is 11.0. The van der Waals surface area contributed by atoms with E-state index in [0.29, 0.717) is 24.3 Å². The Balaban J connectivity index is 1.43. The van der Waals surface area contributed by atoms with E-state index in [0.717, 1.165) is 32.1 Å². The summed E-state index contributed by atoms with van der Waals surface area (Å²) in [6.45, 7) is 2.69. The molecule has 0 unspecified atom stereocenters. The number of hydrogen-bond donors (Lipinski definition) is 3. The molecule has 2 fully saturated rings. The van der Waals surface area contributed by atoms with Crippen molar-refractivity contribution in [2.45, 2.75) is 54.9 Å². The number of carbonyl (C=O) groups excluding carboxylic acids is 1. The van der Waals surface area contributed by atoms with E-state index in [1.165, 1.54) is 22.5 Å². The number of anilines is 1. The Morgan fingerprint density at radius 3 is 2.24 bits per heavy atom. The predicted octanol–water partition coefficient (Wildman–Crippen LogP) is 2.37. The minimum atomic E-state index is -3.67. The van der Waals surface area contributed by atoms with Crippen molar-refractivity contribution in [2.24, 2.45) is 0 Å². The number of benzene rings is 2. The normalized spacial score (nSPS) is 17.5. The van der Waals surface area contributed by atoms with Crippen LogP contribution in [-0.2, 0) is 20.0 Å². The molecule has 33 heavy (non-hydrogen) atoms. The minimum absolute atomic E-state index is 0.0187. The van der Waals surface area contributed by atoms with Crippen LogP contribution in [0.3, 0.4) is 0 Å². The predicted molar refractivity (Wildman–Crippen MR) is 125 cm³/mol. The van der Waals surface area contributed by atoms with Crippen LogP contribution in [0, 0.1) is 6.92 Å². The Hall–Kier alpha value is -2.47. The number of carbonyl (C=O) groups is 1. The molecule has 1 saturated carbocycles. The summed E-state index contributed by atoms with van der Waals surface area (Å²) in [5.41, 5.74) is 6.55. The van der Waals surface area contributed by atoms with Gasteiger partial charge in [0.05, 0.1) is 15.5 Å². The SMILES string of the molecule is Cc1ccc(C(=O)NNc2ccc(S(=O)(=O)NC3CC3)cc2)cc1S(=O)(=O)N1CCCCC1. The molecule has 1 saturated heterocycles. The van der Waals surface area contributed by atoms with Gasteiger partial charge in [0.1, 0.15) is 0 Å². The number of rotatable bonds is 8. The lowest BCUT2D eigenvalue weighted by atomic mass is 10.1. The van der Waals surface area contributed by atoms with Crippen molar-refractivity contribution >= 4 is 31.6 Å². The van der Waals surface area contributed by atoms with Crippen LogP contribution < -0.4 is 15.6 Å². The second-order valence-electron chi connectivity index (χ2n) is 8.44. The van der Waals surface area contributed by atoms with Crippen molar-refractivity contribution < 1.29 is 21.6 Å². The van der Waals surface area contributed by atoms with Gasteiger partial charge in [0, 0.05) is 24.7 Å². The maximum absolute atomic E-state index is 13.1. The van der Waals surface area contributed by atoms with Gasteiger partial charge in [-0.05, 0) is 74.6 Å². The van der Waals surface area contributed by atoms with Crippen molar-refractivity contribution in [1.29, 1.82) is 0 Å². The highest BCUT2D eigenvalue weighted by molar-refractivity contribution is 7.89. The summed E-state index contributed by atoms with van der Waals surface area (Å²) in [6, 6.07) is 10.6. The molecule has 1 amide bonds. The lowest BCUT2D eigenvalue weighted by Crippen LogP contribution is -2.36. The van der Waals surface area contributed by atoms with Crippen molar-refractivity contribution in [2.75, 3.05) is 18.5 Å². The van der Waals surface area contributed by atoms with Crippen LogP contribution in [0.4, 0.5) is 5.69 Å². The van der Waals surface area contributed by atoms with Crippen LogP contribution in [0.2, 0.25) is 0 Å². The first-order chi connectivity index (χ1) is 15.7. The molecule has 0 aromatic heterocycles. The zero-order valence-corrected chi connectivity index (χ0v) is 20.0. The maximum Gasteiger partial charge on any atom is 0.269 e. The Kier molecular flexibility index (Phi) is 6.76. The van der Waals surface area contributed by atoms with Gasteiger partial charge in [-0.3, -0.25) is 15.6 Å². The number of nitrogens with one attached hydrogen (secondary N) is 3. The van der Waals surface area contributed by atoms with Crippen molar-refractivity contribution in [3.8, 4) is 0 Å². The summed E-state index contributed by atoms with van der Waals surface area (Å²) < 4.78 is 54.7. The Labute approximate surface area is 194 Å². The largest absolute Gasteiger partial charge is 0.298 e. The smallest absolute Gasteiger partial charge is 0.269 e. The van der Waals surface area contributed by atoms with E-state index in [-0.39, 0.29) is 21.4 Å². The summed E-state index contributed by atoms with van der Waals surface area (Å²) in [6.07, 6.45) is 4.39. The molecule has 1 aliphatic heterocycles. The monoisotopic (exact) mass is 492 g/mol. The Morgan fingerprint density at radius 2 is 1.61 bits per heavy atom. The molecule has 0 spiro atoms. The molecule has 2 aromatic carbocycles. The summed E-state index contributed by atoms with van der Waals surface area (Å²) in [5.74, 6) is -0.503. The Morgan fingerprint density at radius 1 is 0.939 bits per heavy atom. The molecule has 1 aliphatic carbocycles. The number of piperidine rings is 1. The average molecular weight is 493 g/mol. The highest BCUT2D eigenvalue weighted by atomic mass is 32.2. The summed E-state index contributed by atoms with van der Waals surface area (Å²) >= 11 is 0. The average Bonchev–Trinajstić information content (AvgIpc) is 3.62. The zero-order valence-electron chi connectivity index (χ0n) is 18.4. The number of hydrogen-bond acceptors (Lipinski definition) is 6. The fourth-order valence-corrected chi connectivity index (χ4v) is 6.74. The van der Waals surface area contributed by atoms with Crippen LogP contribution >= 0.6 is 0 Å². The highest BCUT2D eigenvalue weighted by Gasteiger charge is 2.29. The summed E-state index contributed by atoms with van der Waals surface area (Å²) in [4.78, 5) is 12.9. The number of sulfonamides is 2. The molecule has 4 rings (SSSR count). The van der Waals surface area contributed by atoms with E-state index in [4.69, 9.17) is 0 Å². The zero-order chi connectivity index (χ0) is 23.6. The van der Waals surface area contributed by atoms with E-state index in [1.54, 1.807) is 31.2 Å². The van der Waals surface area contributed by atoms with E-state index < -0.39 is 26.0 Å². The number of hydrazine groups is 1. The molecule has 178 valence electrons. The van der Waals surface area contributed by atoms with Gasteiger partial charge in [0.15, 0.2) is 0 Å². The minimum Gasteiger partial charge on any atom is -0.298 e. The lowest BCUT2D eigenvalue weighted by Gasteiger charge is -2.26. The maximum atomic E-state index is 13.1. The molecular formula is C22H28N4O5S2. The first kappa shape index (κ1) is 23.7. The number of nitrogens with zero attached hydrogens (tertiary/aromatic N) is 1. The second-order valence-corrected chi connectivity index (χ2v) is 12.1. The van der Waals surface area contributed by atoms with Crippen LogP contribution in [0.1, 0.15) is 48.0 Å². The molecule has 1 heterocycles. The summed E-state index contributed by atoms with van der Waals surface area (Å²) in [7, 11) is -7.22. The molecule has 0 atom stereocenters. The van der Waals surface area contributed by atoms with Gasteiger partial charge in [0.2, 0.25) is 20.0 Å². The third-order valence-corrected chi connectivity index (χ3v) is 9.34. The van der Waals surface area contributed by atoms with Crippen LogP contribution in [0.5, 0.6) is 0 Å². The van der Waals surface area contributed by atoms with Gasteiger partial charge >= 0.3 is 0 Å². The fourth-order valence-electron chi connectivity index (χ4n) is 3.67. The van der Waals surface area contributed by atoms with Gasteiger partial charge < -0.3 is 0 Å². The third-order valence-electron chi connectivity index (χ3n) is 5.77.